The number of benzene rings is 1. The van der Waals surface area contributed by atoms with E-state index >= 15 is 0 Å². The van der Waals surface area contributed by atoms with Crippen LogP contribution in [0.1, 0.15) is 37.7 Å². The van der Waals surface area contributed by atoms with Crippen LogP contribution in [0.15, 0.2) is 24.3 Å². The number of carbonyl (C=O) groups is 2. The first-order valence-electron chi connectivity index (χ1n) is 10.5. The standard InChI is InChI=1S/C22H33N3O3/c1-23(16-19-8-4-5-9-20(19)28-2)21(26)17-24-14-10-18(11-15-24)22(27)25-12-6-3-7-13-25/h4-5,8-9,18H,3,6-7,10-17H2,1-2H3. The number of methoxy groups -OCH3 is 1. The fourth-order valence-electron chi connectivity index (χ4n) is 4.20. The van der Waals surface area contributed by atoms with E-state index in [1.54, 1.807) is 12.0 Å². The van der Waals surface area contributed by atoms with E-state index in [0.717, 1.165) is 63.2 Å². The normalized spacial score (nSPS) is 18.7. The molecule has 2 saturated heterocycles. The number of amides is 2. The molecular weight excluding hydrogens is 354 g/mol. The molecule has 6 nitrogen and oxygen atoms in total. The van der Waals surface area contributed by atoms with Crippen molar-refractivity contribution in [2.75, 3.05) is 46.9 Å². The molecule has 0 unspecified atom stereocenters. The predicted octanol–water partition coefficient (Wildman–Crippen LogP) is 2.38. The zero-order chi connectivity index (χ0) is 19.9. The second-order valence-electron chi connectivity index (χ2n) is 8.00. The van der Waals surface area contributed by atoms with Crippen molar-refractivity contribution in [2.45, 2.75) is 38.6 Å². The lowest BCUT2D eigenvalue weighted by Gasteiger charge is -2.35. The first kappa shape index (κ1) is 20.6. The molecule has 0 saturated carbocycles. The monoisotopic (exact) mass is 387 g/mol. The summed E-state index contributed by atoms with van der Waals surface area (Å²) in [5, 5.41) is 0. The summed E-state index contributed by atoms with van der Waals surface area (Å²) in [5.74, 6) is 1.38. The Morgan fingerprint density at radius 2 is 1.75 bits per heavy atom. The molecule has 0 aromatic heterocycles. The maximum Gasteiger partial charge on any atom is 0.236 e. The van der Waals surface area contributed by atoms with Crippen LogP contribution < -0.4 is 4.74 Å². The molecule has 2 aliphatic heterocycles. The van der Waals surface area contributed by atoms with Crippen LogP contribution in [0.2, 0.25) is 0 Å². The zero-order valence-electron chi connectivity index (χ0n) is 17.2. The average molecular weight is 388 g/mol. The van der Waals surface area contributed by atoms with Gasteiger partial charge in [-0.15, -0.1) is 0 Å². The lowest BCUT2D eigenvalue weighted by molar-refractivity contribution is -0.138. The second-order valence-corrected chi connectivity index (χ2v) is 8.00. The van der Waals surface area contributed by atoms with Crippen molar-refractivity contribution in [3.05, 3.63) is 29.8 Å². The van der Waals surface area contributed by atoms with Gasteiger partial charge in [0.25, 0.3) is 0 Å². The van der Waals surface area contributed by atoms with Crippen LogP contribution in [0.25, 0.3) is 0 Å². The van der Waals surface area contributed by atoms with Gasteiger partial charge in [0.05, 0.1) is 13.7 Å². The minimum Gasteiger partial charge on any atom is -0.496 e. The molecule has 1 aromatic carbocycles. The minimum absolute atomic E-state index is 0.103. The molecular formula is C22H33N3O3. The van der Waals surface area contributed by atoms with Gasteiger partial charge < -0.3 is 14.5 Å². The van der Waals surface area contributed by atoms with E-state index in [9.17, 15) is 9.59 Å². The summed E-state index contributed by atoms with van der Waals surface area (Å²) in [7, 11) is 3.48. The van der Waals surface area contributed by atoms with Crippen LogP contribution in [-0.2, 0) is 16.1 Å². The van der Waals surface area contributed by atoms with Crippen molar-refractivity contribution in [2.24, 2.45) is 5.92 Å². The molecule has 0 spiro atoms. The summed E-state index contributed by atoms with van der Waals surface area (Å²) in [4.78, 5) is 31.3. The van der Waals surface area contributed by atoms with Crippen molar-refractivity contribution in [1.29, 1.82) is 0 Å². The van der Waals surface area contributed by atoms with Crippen molar-refractivity contribution in [3.8, 4) is 5.75 Å². The van der Waals surface area contributed by atoms with Gasteiger partial charge in [-0.3, -0.25) is 14.5 Å². The van der Waals surface area contributed by atoms with Gasteiger partial charge in [0.15, 0.2) is 0 Å². The first-order valence-corrected chi connectivity index (χ1v) is 10.5. The highest BCUT2D eigenvalue weighted by atomic mass is 16.5. The molecule has 3 rings (SSSR count). The quantitative estimate of drug-likeness (QED) is 0.752. The molecule has 0 atom stereocenters. The van der Waals surface area contributed by atoms with Gasteiger partial charge in [0.1, 0.15) is 5.75 Å². The first-order chi connectivity index (χ1) is 13.6. The van der Waals surface area contributed by atoms with Gasteiger partial charge in [-0.2, -0.15) is 0 Å². The van der Waals surface area contributed by atoms with Gasteiger partial charge in [-0.25, -0.2) is 0 Å². The highest BCUT2D eigenvalue weighted by molar-refractivity contribution is 5.79. The smallest absolute Gasteiger partial charge is 0.236 e. The summed E-state index contributed by atoms with van der Waals surface area (Å²) >= 11 is 0. The largest absolute Gasteiger partial charge is 0.496 e. The fraction of sp³-hybridized carbons (Fsp3) is 0.636. The number of likely N-dealkylation sites (N-methyl/N-ethyl adjacent to an activating group) is 1. The number of carbonyl (C=O) groups excluding carboxylic acids is 2. The van der Waals surface area contributed by atoms with E-state index in [1.807, 2.05) is 31.3 Å². The maximum absolute atomic E-state index is 12.7. The van der Waals surface area contributed by atoms with Gasteiger partial charge >= 0.3 is 0 Å². The number of para-hydroxylation sites is 1. The van der Waals surface area contributed by atoms with Crippen LogP contribution in [0.5, 0.6) is 5.75 Å². The molecule has 0 N–H and O–H groups in total. The number of rotatable bonds is 6. The average Bonchev–Trinajstić information content (AvgIpc) is 2.74. The fourth-order valence-corrected chi connectivity index (χ4v) is 4.20. The Morgan fingerprint density at radius 3 is 2.43 bits per heavy atom. The lowest BCUT2D eigenvalue weighted by Crippen LogP contribution is -2.46. The highest BCUT2D eigenvalue weighted by Gasteiger charge is 2.30. The molecule has 2 fully saturated rings. The molecule has 2 amide bonds. The van der Waals surface area contributed by atoms with Crippen molar-refractivity contribution >= 4 is 11.8 Å². The van der Waals surface area contributed by atoms with E-state index < -0.39 is 0 Å². The van der Waals surface area contributed by atoms with E-state index in [1.165, 1.54) is 6.42 Å². The van der Waals surface area contributed by atoms with Crippen LogP contribution in [-0.4, -0.2) is 73.4 Å². The summed E-state index contributed by atoms with van der Waals surface area (Å²) in [6.45, 7) is 4.43. The van der Waals surface area contributed by atoms with E-state index in [4.69, 9.17) is 4.74 Å². The predicted molar refractivity (Wildman–Crippen MR) is 109 cm³/mol. The second kappa shape index (κ2) is 9.92. The van der Waals surface area contributed by atoms with Gasteiger partial charge in [-0.1, -0.05) is 18.2 Å². The molecule has 2 heterocycles. The minimum atomic E-state index is 0.103. The Balaban J connectivity index is 1.44. The third kappa shape index (κ3) is 5.25. The summed E-state index contributed by atoms with van der Waals surface area (Å²) in [6.07, 6.45) is 5.24. The zero-order valence-corrected chi connectivity index (χ0v) is 17.2. The molecule has 2 aliphatic rings. The topological polar surface area (TPSA) is 53.1 Å². The van der Waals surface area contributed by atoms with E-state index in [2.05, 4.69) is 9.80 Å². The van der Waals surface area contributed by atoms with E-state index in [0.29, 0.717) is 19.0 Å². The number of hydrogen-bond donors (Lipinski definition) is 0. The molecule has 154 valence electrons. The van der Waals surface area contributed by atoms with Crippen LogP contribution in [0, 0.1) is 5.92 Å². The lowest BCUT2D eigenvalue weighted by atomic mass is 9.94. The SMILES string of the molecule is COc1ccccc1CN(C)C(=O)CN1CCC(C(=O)N2CCCCC2)CC1. The Morgan fingerprint density at radius 1 is 1.07 bits per heavy atom. The molecule has 6 heteroatoms. The number of likely N-dealkylation sites (tertiary alicyclic amines) is 2. The van der Waals surface area contributed by atoms with Crippen LogP contribution >= 0.6 is 0 Å². The van der Waals surface area contributed by atoms with Gasteiger partial charge in [0, 0.05) is 38.2 Å². The number of piperidine rings is 2. The van der Waals surface area contributed by atoms with Crippen molar-refractivity contribution in [3.63, 3.8) is 0 Å². The Kier molecular flexibility index (Phi) is 7.31. The molecule has 0 bridgehead atoms. The number of nitrogens with zero attached hydrogens (tertiary/aromatic N) is 3. The summed E-state index contributed by atoms with van der Waals surface area (Å²) < 4.78 is 5.38. The van der Waals surface area contributed by atoms with Gasteiger partial charge in [0.2, 0.25) is 11.8 Å². The Labute approximate surface area is 168 Å². The molecule has 0 radical (unpaired) electrons. The number of ether oxygens (including phenoxy) is 1. The molecule has 28 heavy (non-hydrogen) atoms. The van der Waals surface area contributed by atoms with Crippen molar-refractivity contribution in [1.82, 2.24) is 14.7 Å². The summed E-state index contributed by atoms with van der Waals surface area (Å²) in [5.41, 5.74) is 1.01. The van der Waals surface area contributed by atoms with Crippen LogP contribution in [0.4, 0.5) is 0 Å². The van der Waals surface area contributed by atoms with E-state index in [-0.39, 0.29) is 11.8 Å². The Bertz CT molecular complexity index is 665. The van der Waals surface area contributed by atoms with Crippen LogP contribution in [0.3, 0.4) is 0 Å². The van der Waals surface area contributed by atoms with Gasteiger partial charge in [-0.05, 0) is 51.3 Å². The molecule has 0 aliphatic carbocycles. The third-order valence-corrected chi connectivity index (χ3v) is 5.99. The third-order valence-electron chi connectivity index (χ3n) is 5.99. The summed E-state index contributed by atoms with van der Waals surface area (Å²) in [6, 6.07) is 7.79. The number of hydrogen-bond acceptors (Lipinski definition) is 4. The Hall–Kier alpha value is -2.08. The van der Waals surface area contributed by atoms with Crippen molar-refractivity contribution < 1.29 is 14.3 Å². The highest BCUT2D eigenvalue weighted by Crippen LogP contribution is 2.22. The maximum atomic E-state index is 12.7. The molecule has 1 aromatic rings.